The second-order valence-electron chi connectivity index (χ2n) is 3.17. The van der Waals surface area contributed by atoms with E-state index in [9.17, 15) is 4.21 Å². The average molecular weight is 174 g/mol. The van der Waals surface area contributed by atoms with Crippen LogP contribution in [-0.4, -0.2) is 22.3 Å². The SMILES string of the molecule is CC(C)=COCC1CS(=O)C1. The summed E-state index contributed by atoms with van der Waals surface area (Å²) in [5, 5.41) is 0. The fourth-order valence-corrected chi connectivity index (χ4v) is 2.07. The smallest absolute Gasteiger partial charge is 0.0919 e. The van der Waals surface area contributed by atoms with Gasteiger partial charge in [-0.1, -0.05) is 0 Å². The minimum absolute atomic E-state index is 0.534. The Hall–Kier alpha value is -0.310. The maximum Gasteiger partial charge on any atom is 0.0919 e. The molecular weight excluding hydrogens is 160 g/mol. The fourth-order valence-electron chi connectivity index (χ4n) is 0.924. The van der Waals surface area contributed by atoms with E-state index in [0.29, 0.717) is 5.92 Å². The molecule has 1 aliphatic heterocycles. The second kappa shape index (κ2) is 3.90. The highest BCUT2D eigenvalue weighted by Gasteiger charge is 2.25. The van der Waals surface area contributed by atoms with Gasteiger partial charge in [-0.2, -0.15) is 0 Å². The molecule has 11 heavy (non-hydrogen) atoms. The topological polar surface area (TPSA) is 26.3 Å². The molecule has 0 aliphatic carbocycles. The predicted octanol–water partition coefficient (Wildman–Crippen LogP) is 1.31. The van der Waals surface area contributed by atoms with Crippen molar-refractivity contribution in [3.63, 3.8) is 0 Å². The van der Waals surface area contributed by atoms with Gasteiger partial charge in [0, 0.05) is 28.2 Å². The summed E-state index contributed by atoms with van der Waals surface area (Å²) in [4.78, 5) is 0. The molecule has 0 unspecified atom stereocenters. The van der Waals surface area contributed by atoms with Gasteiger partial charge in [0.05, 0.1) is 12.9 Å². The lowest BCUT2D eigenvalue weighted by atomic mass is 10.2. The molecule has 0 saturated carbocycles. The largest absolute Gasteiger partial charge is 0.501 e. The first-order valence-electron chi connectivity index (χ1n) is 3.78. The minimum atomic E-state index is -0.537. The van der Waals surface area contributed by atoms with Gasteiger partial charge in [0.15, 0.2) is 0 Å². The summed E-state index contributed by atoms with van der Waals surface area (Å²) in [6, 6.07) is 0. The van der Waals surface area contributed by atoms with Crippen LogP contribution in [0.15, 0.2) is 11.8 Å². The molecule has 1 aliphatic rings. The molecule has 3 heteroatoms. The van der Waals surface area contributed by atoms with Crippen LogP contribution in [0.5, 0.6) is 0 Å². The Labute approximate surface area is 70.1 Å². The van der Waals surface area contributed by atoms with Gasteiger partial charge in [-0.05, 0) is 19.4 Å². The summed E-state index contributed by atoms with van der Waals surface area (Å²) in [7, 11) is -0.537. The van der Waals surface area contributed by atoms with Gasteiger partial charge in [-0.3, -0.25) is 4.21 Å². The Kier molecular flexibility index (Phi) is 3.12. The molecule has 2 nitrogen and oxygen atoms in total. The second-order valence-corrected chi connectivity index (χ2v) is 4.71. The first kappa shape index (κ1) is 8.78. The molecule has 0 amide bonds. The van der Waals surface area contributed by atoms with Crippen LogP contribution in [-0.2, 0) is 15.5 Å². The van der Waals surface area contributed by atoms with Gasteiger partial charge in [0.1, 0.15) is 0 Å². The van der Waals surface area contributed by atoms with Crippen molar-refractivity contribution in [3.05, 3.63) is 11.8 Å². The van der Waals surface area contributed by atoms with Gasteiger partial charge in [0.2, 0.25) is 0 Å². The van der Waals surface area contributed by atoms with Crippen LogP contribution in [0.3, 0.4) is 0 Å². The number of hydrogen-bond acceptors (Lipinski definition) is 2. The standard InChI is InChI=1S/C8H14O2S/c1-7(2)3-10-4-8-5-11(9)6-8/h3,8H,4-6H2,1-2H3. The highest BCUT2D eigenvalue weighted by molar-refractivity contribution is 7.86. The highest BCUT2D eigenvalue weighted by Crippen LogP contribution is 2.14. The lowest BCUT2D eigenvalue weighted by Gasteiger charge is -2.23. The van der Waals surface area contributed by atoms with E-state index in [1.807, 2.05) is 13.8 Å². The van der Waals surface area contributed by atoms with Crippen LogP contribution >= 0.6 is 0 Å². The summed E-state index contributed by atoms with van der Waals surface area (Å²) in [6.07, 6.45) is 1.77. The maximum atomic E-state index is 10.6. The van der Waals surface area contributed by atoms with Crippen molar-refractivity contribution in [1.82, 2.24) is 0 Å². The Bertz CT molecular complexity index is 175. The molecule has 0 aromatic heterocycles. The van der Waals surface area contributed by atoms with Crippen LogP contribution in [0.25, 0.3) is 0 Å². The molecule has 0 spiro atoms. The molecule has 0 radical (unpaired) electrons. The molecule has 1 rings (SSSR count). The zero-order valence-electron chi connectivity index (χ0n) is 7.00. The predicted molar refractivity (Wildman–Crippen MR) is 46.7 cm³/mol. The molecule has 1 saturated heterocycles. The Morgan fingerprint density at radius 1 is 1.64 bits per heavy atom. The molecule has 0 bridgehead atoms. The van der Waals surface area contributed by atoms with Crippen LogP contribution in [0.1, 0.15) is 13.8 Å². The molecule has 64 valence electrons. The van der Waals surface area contributed by atoms with Crippen molar-refractivity contribution in [1.29, 1.82) is 0 Å². The van der Waals surface area contributed by atoms with Crippen molar-refractivity contribution in [2.75, 3.05) is 18.1 Å². The number of hydrogen-bond donors (Lipinski definition) is 0. The molecule has 0 N–H and O–H groups in total. The lowest BCUT2D eigenvalue weighted by molar-refractivity contribution is 0.206. The van der Waals surface area contributed by atoms with Crippen molar-refractivity contribution in [2.45, 2.75) is 13.8 Å². The summed E-state index contributed by atoms with van der Waals surface area (Å²) in [5.41, 5.74) is 1.17. The van der Waals surface area contributed by atoms with Crippen LogP contribution < -0.4 is 0 Å². The zero-order valence-corrected chi connectivity index (χ0v) is 7.82. The van der Waals surface area contributed by atoms with Crippen LogP contribution in [0.2, 0.25) is 0 Å². The summed E-state index contributed by atoms with van der Waals surface area (Å²) in [5.74, 6) is 2.19. The van der Waals surface area contributed by atoms with Gasteiger partial charge in [0.25, 0.3) is 0 Å². The Morgan fingerprint density at radius 2 is 2.27 bits per heavy atom. The van der Waals surface area contributed by atoms with E-state index in [-0.39, 0.29) is 0 Å². The van der Waals surface area contributed by atoms with E-state index in [2.05, 4.69) is 0 Å². The molecule has 1 heterocycles. The Morgan fingerprint density at radius 3 is 2.73 bits per heavy atom. The molecule has 1 fully saturated rings. The third-order valence-corrected chi connectivity index (χ3v) is 3.18. The highest BCUT2D eigenvalue weighted by atomic mass is 32.2. The summed E-state index contributed by atoms with van der Waals surface area (Å²) < 4.78 is 15.9. The van der Waals surface area contributed by atoms with E-state index in [0.717, 1.165) is 18.1 Å². The van der Waals surface area contributed by atoms with Crippen molar-refractivity contribution in [2.24, 2.45) is 5.92 Å². The quantitative estimate of drug-likeness (QED) is 0.603. The van der Waals surface area contributed by atoms with E-state index >= 15 is 0 Å². The third kappa shape index (κ3) is 3.06. The van der Waals surface area contributed by atoms with E-state index in [1.165, 1.54) is 5.57 Å². The zero-order chi connectivity index (χ0) is 8.27. The maximum absolute atomic E-state index is 10.6. The Balaban J connectivity index is 2.05. The van der Waals surface area contributed by atoms with Crippen molar-refractivity contribution in [3.8, 4) is 0 Å². The fraction of sp³-hybridized carbons (Fsp3) is 0.750. The molecule has 0 atom stereocenters. The molecular formula is C8H14O2S. The third-order valence-electron chi connectivity index (χ3n) is 1.49. The van der Waals surface area contributed by atoms with Crippen LogP contribution in [0.4, 0.5) is 0 Å². The van der Waals surface area contributed by atoms with Gasteiger partial charge < -0.3 is 4.74 Å². The average Bonchev–Trinajstić information content (AvgIpc) is 1.83. The first-order chi connectivity index (χ1) is 5.18. The van der Waals surface area contributed by atoms with Crippen LogP contribution in [0, 0.1) is 5.92 Å². The van der Waals surface area contributed by atoms with E-state index in [1.54, 1.807) is 6.26 Å². The number of rotatable bonds is 3. The molecule has 0 aromatic carbocycles. The van der Waals surface area contributed by atoms with E-state index in [4.69, 9.17) is 4.74 Å². The van der Waals surface area contributed by atoms with Gasteiger partial charge in [-0.25, -0.2) is 0 Å². The van der Waals surface area contributed by atoms with Crippen molar-refractivity contribution >= 4 is 10.8 Å². The molecule has 0 aromatic rings. The van der Waals surface area contributed by atoms with Gasteiger partial charge in [-0.15, -0.1) is 0 Å². The summed E-state index contributed by atoms with van der Waals surface area (Å²) in [6.45, 7) is 4.73. The van der Waals surface area contributed by atoms with Crippen molar-refractivity contribution < 1.29 is 8.95 Å². The minimum Gasteiger partial charge on any atom is -0.501 e. The summed E-state index contributed by atoms with van der Waals surface area (Å²) >= 11 is 0. The van der Waals surface area contributed by atoms with Gasteiger partial charge >= 0.3 is 0 Å². The number of allylic oxidation sites excluding steroid dienone is 1. The lowest BCUT2D eigenvalue weighted by Crippen LogP contribution is -2.34. The normalized spacial score (nSPS) is 28.9. The monoisotopic (exact) mass is 174 g/mol. The first-order valence-corrected chi connectivity index (χ1v) is 5.27. The number of ether oxygens (including phenoxy) is 1. The van der Waals surface area contributed by atoms with E-state index < -0.39 is 10.8 Å².